The second-order valence-corrected chi connectivity index (χ2v) is 16.8. The van der Waals surface area contributed by atoms with E-state index in [-0.39, 0.29) is 10.8 Å². The van der Waals surface area contributed by atoms with Crippen molar-refractivity contribution in [1.29, 1.82) is 0 Å². The number of hydrogen-bond acceptors (Lipinski definition) is 3. The van der Waals surface area contributed by atoms with Gasteiger partial charge in [0.15, 0.2) is 0 Å². The summed E-state index contributed by atoms with van der Waals surface area (Å²) in [5.74, 6) is 0. The Balaban J connectivity index is 1.34. The number of pyridine rings is 1. The Bertz CT molecular complexity index is 2480. The molecule has 52 heavy (non-hydrogen) atoms. The van der Waals surface area contributed by atoms with Crippen LogP contribution in [0, 0.1) is 0 Å². The Morgan fingerprint density at radius 2 is 1.25 bits per heavy atom. The van der Waals surface area contributed by atoms with Crippen molar-refractivity contribution in [3.63, 3.8) is 0 Å². The summed E-state index contributed by atoms with van der Waals surface area (Å²) in [6, 6.07) is 45.7. The van der Waals surface area contributed by atoms with Gasteiger partial charge in [-0.15, -0.1) is 0 Å². The molecule has 0 radical (unpaired) electrons. The second kappa shape index (κ2) is 11.4. The lowest BCUT2D eigenvalue weighted by Crippen LogP contribution is -2.30. The maximum Gasteiger partial charge on any atom is 0.0938 e. The average Bonchev–Trinajstić information content (AvgIpc) is 3.81. The highest BCUT2D eigenvalue weighted by molar-refractivity contribution is 6.10. The number of nitrogens with zero attached hydrogens (tertiary/aromatic N) is 4. The van der Waals surface area contributed by atoms with Crippen molar-refractivity contribution in [3.8, 4) is 16.8 Å². The fourth-order valence-electron chi connectivity index (χ4n) is 8.58. The minimum absolute atomic E-state index is 0.0165. The molecule has 0 atom stereocenters. The van der Waals surface area contributed by atoms with Gasteiger partial charge < -0.3 is 14.4 Å². The van der Waals surface area contributed by atoms with Crippen molar-refractivity contribution in [1.82, 2.24) is 14.5 Å². The van der Waals surface area contributed by atoms with E-state index in [4.69, 9.17) is 4.98 Å². The molecule has 2 aromatic heterocycles. The first-order valence-corrected chi connectivity index (χ1v) is 18.5. The third-order valence-electron chi connectivity index (χ3n) is 11.3. The third-order valence-corrected chi connectivity index (χ3v) is 11.3. The summed E-state index contributed by atoms with van der Waals surface area (Å²) in [6.45, 7) is 14.7. The van der Waals surface area contributed by atoms with Crippen molar-refractivity contribution in [2.75, 3.05) is 18.6 Å². The molecule has 0 unspecified atom stereocenters. The lowest BCUT2D eigenvalue weighted by molar-refractivity contribution is 0.496. The Morgan fingerprint density at radius 3 is 1.88 bits per heavy atom. The molecule has 1 aliphatic carbocycles. The normalized spacial score (nSPS) is 15.1. The Hall–Kier alpha value is -5.61. The molecule has 3 heterocycles. The quantitative estimate of drug-likeness (QED) is 0.185. The van der Waals surface area contributed by atoms with Crippen LogP contribution in [0.1, 0.15) is 75.1 Å². The van der Waals surface area contributed by atoms with Gasteiger partial charge in [-0.2, -0.15) is 0 Å². The van der Waals surface area contributed by atoms with E-state index in [1.807, 2.05) is 12.3 Å². The van der Waals surface area contributed by atoms with Crippen molar-refractivity contribution in [2.24, 2.45) is 0 Å². The SMILES string of the molecule is CN1C=CN(c2ccc3c4ccccc4n(-c4cccc(C5(c6ccccn6)c6ccc(C(C)(C)C)cc6-c6cc(C(C)(C)C)ccc65)c4)c3c2)C1. The van der Waals surface area contributed by atoms with Gasteiger partial charge >= 0.3 is 0 Å². The molecule has 0 saturated heterocycles. The maximum atomic E-state index is 5.18. The predicted octanol–water partition coefficient (Wildman–Crippen LogP) is 11.3. The molecule has 2 aliphatic rings. The van der Waals surface area contributed by atoms with Crippen molar-refractivity contribution in [2.45, 2.75) is 57.8 Å². The Labute approximate surface area is 307 Å². The molecular weight excluding hydrogens is 633 g/mol. The van der Waals surface area contributed by atoms with Crippen LogP contribution in [0.3, 0.4) is 0 Å². The number of para-hydroxylation sites is 1. The van der Waals surface area contributed by atoms with Gasteiger partial charge in [-0.1, -0.05) is 120 Å². The summed E-state index contributed by atoms with van der Waals surface area (Å²) in [4.78, 5) is 9.69. The molecule has 1 aliphatic heterocycles. The summed E-state index contributed by atoms with van der Waals surface area (Å²) < 4.78 is 2.45. The van der Waals surface area contributed by atoms with Crippen molar-refractivity contribution >= 4 is 27.5 Å². The van der Waals surface area contributed by atoms with E-state index >= 15 is 0 Å². The Kier molecular flexibility index (Phi) is 7.11. The summed E-state index contributed by atoms with van der Waals surface area (Å²) in [7, 11) is 2.11. The predicted molar refractivity (Wildman–Crippen MR) is 218 cm³/mol. The molecule has 0 fully saturated rings. The van der Waals surface area contributed by atoms with Gasteiger partial charge in [0, 0.05) is 47.8 Å². The minimum Gasteiger partial charge on any atom is -0.361 e. The average molecular weight is 679 g/mol. The largest absolute Gasteiger partial charge is 0.361 e. The zero-order chi connectivity index (χ0) is 36.0. The van der Waals surface area contributed by atoms with Crippen LogP contribution in [-0.4, -0.2) is 28.2 Å². The molecule has 0 spiro atoms. The van der Waals surface area contributed by atoms with Crippen molar-refractivity contribution < 1.29 is 0 Å². The van der Waals surface area contributed by atoms with E-state index in [1.54, 1.807) is 0 Å². The first-order valence-electron chi connectivity index (χ1n) is 18.5. The van der Waals surface area contributed by atoms with E-state index in [1.165, 1.54) is 66.4 Å². The molecule has 4 heteroatoms. The monoisotopic (exact) mass is 678 g/mol. The van der Waals surface area contributed by atoms with Crippen LogP contribution in [0.5, 0.6) is 0 Å². The van der Waals surface area contributed by atoms with Gasteiger partial charge in [-0.3, -0.25) is 4.98 Å². The number of hydrogen-bond donors (Lipinski definition) is 0. The molecule has 0 bridgehead atoms. The smallest absolute Gasteiger partial charge is 0.0938 e. The van der Waals surface area contributed by atoms with Crippen LogP contribution in [0.15, 0.2) is 140 Å². The molecule has 9 rings (SSSR count). The third kappa shape index (κ3) is 4.84. The molecular formula is C48H46N4. The standard InChI is InChI=1S/C48H46N4/c1-46(2,3)32-18-22-41-39(28-32)40-29-33(47(4,5)6)19-23-42(40)48(41,45-17-10-11-24-49-45)34-13-12-14-36(27-34)52-43-16-9-8-15-37(43)38-21-20-35(30-44(38)52)51-26-25-50(7)31-51/h8-30H,31H2,1-7H3. The lowest BCUT2D eigenvalue weighted by Gasteiger charge is -2.33. The first-order chi connectivity index (χ1) is 24.9. The van der Waals surface area contributed by atoms with E-state index < -0.39 is 5.41 Å². The highest BCUT2D eigenvalue weighted by atomic mass is 15.3. The molecule has 258 valence electrons. The van der Waals surface area contributed by atoms with Crippen molar-refractivity contribution in [3.05, 3.63) is 173 Å². The van der Waals surface area contributed by atoms with Gasteiger partial charge in [-0.25, -0.2) is 0 Å². The van der Waals surface area contributed by atoms with Crippen LogP contribution in [-0.2, 0) is 16.2 Å². The van der Waals surface area contributed by atoms with Gasteiger partial charge in [0.05, 0.1) is 28.8 Å². The zero-order valence-electron chi connectivity index (χ0n) is 31.3. The lowest BCUT2D eigenvalue weighted by atomic mass is 9.69. The second-order valence-electron chi connectivity index (χ2n) is 16.8. The minimum atomic E-state index is -0.608. The van der Waals surface area contributed by atoms with Crippen LogP contribution >= 0.6 is 0 Å². The number of benzene rings is 5. The summed E-state index contributed by atoms with van der Waals surface area (Å²) >= 11 is 0. The van der Waals surface area contributed by atoms with Crippen LogP contribution in [0.4, 0.5) is 5.69 Å². The molecule has 0 saturated carbocycles. The Morgan fingerprint density at radius 1 is 0.577 bits per heavy atom. The topological polar surface area (TPSA) is 24.3 Å². The van der Waals surface area contributed by atoms with E-state index in [9.17, 15) is 0 Å². The van der Waals surface area contributed by atoms with E-state index in [0.717, 1.165) is 18.1 Å². The number of fused-ring (bicyclic) bond motifs is 6. The van der Waals surface area contributed by atoms with Gasteiger partial charge in [0.25, 0.3) is 0 Å². The van der Waals surface area contributed by atoms with Crippen LogP contribution < -0.4 is 4.90 Å². The number of anilines is 1. The fraction of sp³-hybridized carbons (Fsp3) is 0.229. The van der Waals surface area contributed by atoms with Gasteiger partial charge in [0.1, 0.15) is 0 Å². The van der Waals surface area contributed by atoms with E-state index in [2.05, 4.69) is 191 Å². The van der Waals surface area contributed by atoms with Gasteiger partial charge in [0.2, 0.25) is 0 Å². The van der Waals surface area contributed by atoms with Crippen LogP contribution in [0.25, 0.3) is 38.6 Å². The summed E-state index contributed by atoms with van der Waals surface area (Å²) in [5, 5.41) is 2.51. The first kappa shape index (κ1) is 32.3. The highest BCUT2D eigenvalue weighted by Gasteiger charge is 2.48. The molecule has 0 amide bonds. The molecule has 0 N–H and O–H groups in total. The number of rotatable bonds is 4. The zero-order valence-corrected chi connectivity index (χ0v) is 31.3. The van der Waals surface area contributed by atoms with Gasteiger partial charge in [-0.05, 0) is 92.2 Å². The molecule has 7 aromatic rings. The molecule has 5 aromatic carbocycles. The summed E-state index contributed by atoms with van der Waals surface area (Å²) in [6.07, 6.45) is 6.24. The highest BCUT2D eigenvalue weighted by Crippen LogP contribution is 2.57. The maximum absolute atomic E-state index is 5.18. The van der Waals surface area contributed by atoms with E-state index in [0.29, 0.717) is 0 Å². The summed E-state index contributed by atoms with van der Waals surface area (Å²) in [5.41, 5.74) is 14.2. The van der Waals surface area contributed by atoms with Crippen LogP contribution in [0.2, 0.25) is 0 Å². The fourth-order valence-corrected chi connectivity index (χ4v) is 8.58. The number of aromatic nitrogens is 2. The molecule has 4 nitrogen and oxygen atoms in total.